The number of alkyl halides is 1. The highest BCUT2D eigenvalue weighted by Gasteiger charge is 2.12. The molecule has 0 saturated heterocycles. The lowest BCUT2D eigenvalue weighted by Gasteiger charge is -2.05. The molecule has 0 bridgehead atoms. The van der Waals surface area contributed by atoms with Crippen molar-refractivity contribution < 1.29 is 9.53 Å². The van der Waals surface area contributed by atoms with Gasteiger partial charge in [-0.25, -0.2) is 0 Å². The summed E-state index contributed by atoms with van der Waals surface area (Å²) in [6.07, 6.45) is 0.637. The van der Waals surface area contributed by atoms with E-state index in [0.717, 1.165) is 16.3 Å². The van der Waals surface area contributed by atoms with Crippen molar-refractivity contribution >= 4 is 34.0 Å². The Morgan fingerprint density at radius 1 is 1.48 bits per heavy atom. The lowest BCUT2D eigenvalue weighted by Crippen LogP contribution is -2.20. The van der Waals surface area contributed by atoms with Gasteiger partial charge in [-0.2, -0.15) is 0 Å². The minimum absolute atomic E-state index is 0.282. The predicted molar refractivity (Wildman–Crippen MR) is 84.2 cm³/mol. The maximum Gasteiger partial charge on any atom is 0.243 e. The third-order valence-corrected chi connectivity index (χ3v) is 3.73. The molecule has 2 rings (SSSR count). The molecule has 112 valence electrons. The number of hydrogen-bond acceptors (Lipinski definition) is 5. The van der Waals surface area contributed by atoms with Crippen LogP contribution in [0.25, 0.3) is 0 Å². The zero-order valence-corrected chi connectivity index (χ0v) is 13.4. The Morgan fingerprint density at radius 3 is 3.00 bits per heavy atom. The third kappa shape index (κ3) is 4.99. The SMILES string of the molecule is Cc1cccc(OCCc2nnc(NC(=O)C(C)Cl)s2)c1. The first kappa shape index (κ1) is 15.7. The number of aromatic nitrogens is 2. The number of carbonyl (C=O) groups excluding carboxylic acids is 1. The van der Waals surface area contributed by atoms with Gasteiger partial charge in [-0.15, -0.1) is 21.8 Å². The highest BCUT2D eigenvalue weighted by Crippen LogP contribution is 2.17. The molecule has 1 heterocycles. The van der Waals surface area contributed by atoms with Crippen molar-refractivity contribution in [2.75, 3.05) is 11.9 Å². The molecule has 0 fully saturated rings. The summed E-state index contributed by atoms with van der Waals surface area (Å²) in [4.78, 5) is 11.4. The Kier molecular flexibility index (Phi) is 5.52. The van der Waals surface area contributed by atoms with Crippen molar-refractivity contribution in [2.45, 2.75) is 25.6 Å². The maximum atomic E-state index is 11.4. The zero-order valence-electron chi connectivity index (χ0n) is 11.8. The molecule has 5 nitrogen and oxygen atoms in total. The number of benzene rings is 1. The van der Waals surface area contributed by atoms with E-state index in [0.29, 0.717) is 18.2 Å². The molecule has 1 aromatic heterocycles. The van der Waals surface area contributed by atoms with Gasteiger partial charge in [-0.3, -0.25) is 10.1 Å². The molecule has 2 aromatic rings. The lowest BCUT2D eigenvalue weighted by atomic mass is 10.2. The average Bonchev–Trinajstić information content (AvgIpc) is 2.86. The molecule has 1 aromatic carbocycles. The Hall–Kier alpha value is -1.66. The van der Waals surface area contributed by atoms with Gasteiger partial charge < -0.3 is 4.74 Å². The number of carbonyl (C=O) groups is 1. The molecule has 0 aliphatic heterocycles. The Labute approximate surface area is 132 Å². The number of halogens is 1. The van der Waals surface area contributed by atoms with E-state index in [1.807, 2.05) is 31.2 Å². The Bertz CT molecular complexity index is 616. The number of amides is 1. The highest BCUT2D eigenvalue weighted by molar-refractivity contribution is 7.15. The second kappa shape index (κ2) is 7.38. The fourth-order valence-electron chi connectivity index (χ4n) is 1.57. The highest BCUT2D eigenvalue weighted by atomic mass is 35.5. The number of aryl methyl sites for hydroxylation is 1. The van der Waals surface area contributed by atoms with E-state index in [4.69, 9.17) is 16.3 Å². The van der Waals surface area contributed by atoms with Crippen molar-refractivity contribution in [1.82, 2.24) is 10.2 Å². The summed E-state index contributed by atoms with van der Waals surface area (Å²) in [6, 6.07) is 7.87. The summed E-state index contributed by atoms with van der Waals surface area (Å²) in [7, 11) is 0. The van der Waals surface area contributed by atoms with Gasteiger partial charge in [0, 0.05) is 6.42 Å². The summed E-state index contributed by atoms with van der Waals surface area (Å²) in [5.74, 6) is 0.555. The number of hydrogen-bond donors (Lipinski definition) is 1. The first-order valence-electron chi connectivity index (χ1n) is 6.51. The van der Waals surface area contributed by atoms with Crippen molar-refractivity contribution in [3.63, 3.8) is 0 Å². The number of ether oxygens (including phenoxy) is 1. The van der Waals surface area contributed by atoms with Crippen LogP contribution in [-0.4, -0.2) is 28.1 Å². The summed E-state index contributed by atoms with van der Waals surface area (Å²) in [5, 5.41) is 11.2. The molecule has 1 N–H and O–H groups in total. The molecule has 1 atom stereocenters. The van der Waals surface area contributed by atoms with Crippen molar-refractivity contribution in [3.8, 4) is 5.75 Å². The topological polar surface area (TPSA) is 64.1 Å². The molecule has 7 heteroatoms. The zero-order chi connectivity index (χ0) is 15.2. The molecule has 1 unspecified atom stereocenters. The standard InChI is InChI=1S/C14H16ClN3O2S/c1-9-4-3-5-11(8-9)20-7-6-12-17-18-14(21-12)16-13(19)10(2)15/h3-5,8,10H,6-7H2,1-2H3,(H,16,18,19). The second-order valence-electron chi connectivity index (χ2n) is 4.52. The lowest BCUT2D eigenvalue weighted by molar-refractivity contribution is -0.115. The first-order chi connectivity index (χ1) is 10.0. The van der Waals surface area contributed by atoms with E-state index in [1.54, 1.807) is 6.92 Å². The summed E-state index contributed by atoms with van der Waals surface area (Å²) in [6.45, 7) is 4.14. The monoisotopic (exact) mass is 325 g/mol. The summed E-state index contributed by atoms with van der Waals surface area (Å²) in [5.41, 5.74) is 1.16. The van der Waals surface area contributed by atoms with E-state index in [1.165, 1.54) is 11.3 Å². The Morgan fingerprint density at radius 2 is 2.29 bits per heavy atom. The molecule has 21 heavy (non-hydrogen) atoms. The van der Waals surface area contributed by atoms with Crippen LogP contribution < -0.4 is 10.1 Å². The van der Waals surface area contributed by atoms with Crippen LogP contribution in [0.4, 0.5) is 5.13 Å². The molecule has 0 aliphatic rings. The molecular weight excluding hydrogens is 310 g/mol. The van der Waals surface area contributed by atoms with E-state index < -0.39 is 5.38 Å². The van der Waals surface area contributed by atoms with Crippen LogP contribution in [0.15, 0.2) is 24.3 Å². The minimum atomic E-state index is -0.595. The van der Waals surface area contributed by atoms with Crippen LogP contribution in [0.3, 0.4) is 0 Å². The van der Waals surface area contributed by atoms with E-state index in [9.17, 15) is 4.79 Å². The summed E-state index contributed by atoms with van der Waals surface area (Å²) >= 11 is 7.00. The quantitative estimate of drug-likeness (QED) is 0.829. The third-order valence-electron chi connectivity index (χ3n) is 2.63. The molecule has 0 spiro atoms. The van der Waals surface area contributed by atoms with Crippen LogP contribution in [-0.2, 0) is 11.2 Å². The van der Waals surface area contributed by atoms with Gasteiger partial charge in [0.25, 0.3) is 0 Å². The largest absolute Gasteiger partial charge is 0.493 e. The van der Waals surface area contributed by atoms with Gasteiger partial charge in [0.05, 0.1) is 6.61 Å². The minimum Gasteiger partial charge on any atom is -0.493 e. The van der Waals surface area contributed by atoms with Gasteiger partial charge in [0.2, 0.25) is 11.0 Å². The average molecular weight is 326 g/mol. The number of rotatable bonds is 6. The molecule has 1 amide bonds. The maximum absolute atomic E-state index is 11.4. The molecule has 0 aliphatic carbocycles. The molecular formula is C14H16ClN3O2S. The number of nitrogens with zero attached hydrogens (tertiary/aromatic N) is 2. The smallest absolute Gasteiger partial charge is 0.243 e. The van der Waals surface area contributed by atoms with Gasteiger partial charge in [0.15, 0.2) is 0 Å². The van der Waals surface area contributed by atoms with Crippen molar-refractivity contribution in [3.05, 3.63) is 34.8 Å². The van der Waals surface area contributed by atoms with E-state index in [2.05, 4.69) is 15.5 Å². The number of nitrogens with one attached hydrogen (secondary N) is 1. The first-order valence-corrected chi connectivity index (χ1v) is 7.76. The van der Waals surface area contributed by atoms with E-state index >= 15 is 0 Å². The van der Waals surface area contributed by atoms with Crippen LogP contribution in [0.2, 0.25) is 0 Å². The summed E-state index contributed by atoms with van der Waals surface area (Å²) < 4.78 is 5.65. The van der Waals surface area contributed by atoms with Crippen LogP contribution in [0.5, 0.6) is 5.75 Å². The fourth-order valence-corrected chi connectivity index (χ4v) is 2.35. The van der Waals surface area contributed by atoms with Crippen LogP contribution in [0.1, 0.15) is 17.5 Å². The second-order valence-corrected chi connectivity index (χ2v) is 6.24. The van der Waals surface area contributed by atoms with E-state index in [-0.39, 0.29) is 5.91 Å². The van der Waals surface area contributed by atoms with Crippen molar-refractivity contribution in [1.29, 1.82) is 0 Å². The van der Waals surface area contributed by atoms with Gasteiger partial charge >= 0.3 is 0 Å². The normalized spacial score (nSPS) is 12.0. The fraction of sp³-hybridized carbons (Fsp3) is 0.357. The van der Waals surface area contributed by atoms with Gasteiger partial charge in [0.1, 0.15) is 16.1 Å². The Balaban J connectivity index is 1.81. The van der Waals surface area contributed by atoms with Crippen molar-refractivity contribution in [2.24, 2.45) is 0 Å². The number of anilines is 1. The van der Waals surface area contributed by atoms with Gasteiger partial charge in [-0.05, 0) is 31.5 Å². The van der Waals surface area contributed by atoms with Crippen LogP contribution >= 0.6 is 22.9 Å². The molecule has 0 radical (unpaired) electrons. The van der Waals surface area contributed by atoms with Crippen LogP contribution in [0, 0.1) is 6.92 Å². The molecule has 0 saturated carbocycles. The predicted octanol–water partition coefficient (Wildman–Crippen LogP) is 3.03. The van der Waals surface area contributed by atoms with Gasteiger partial charge in [-0.1, -0.05) is 23.5 Å².